The third-order valence-corrected chi connectivity index (χ3v) is 8.90. The molecular weight excluding hydrogens is 657 g/mol. The van der Waals surface area contributed by atoms with Gasteiger partial charge in [-0.2, -0.15) is 0 Å². The van der Waals surface area contributed by atoms with Crippen molar-refractivity contribution in [3.05, 3.63) is 104 Å². The molecule has 244 valence electrons. The van der Waals surface area contributed by atoms with Crippen molar-refractivity contribution in [1.29, 1.82) is 0 Å². The van der Waals surface area contributed by atoms with Crippen molar-refractivity contribution in [3.63, 3.8) is 0 Å². The summed E-state index contributed by atoms with van der Waals surface area (Å²) in [5.41, 5.74) is 5.03. The number of carbonyl (C=O) groups excluding carboxylic acids is 3. The number of hydrogen-bond acceptors (Lipinski definition) is 8. The maximum absolute atomic E-state index is 12.7. The van der Waals surface area contributed by atoms with Crippen LogP contribution in [0.15, 0.2) is 71.7 Å². The van der Waals surface area contributed by atoms with Crippen LogP contribution in [0.3, 0.4) is 0 Å². The minimum Gasteiger partial charge on any atom is -0.481 e. The van der Waals surface area contributed by atoms with E-state index in [1.54, 1.807) is 25.1 Å². The number of halogens is 2. The summed E-state index contributed by atoms with van der Waals surface area (Å²) in [5.74, 6) is 0.239. The monoisotopic (exact) mass is 685 g/mol. The number of amides is 2. The molecule has 11 nitrogen and oxygen atoms in total. The van der Waals surface area contributed by atoms with Gasteiger partial charge in [-0.05, 0) is 43.2 Å². The molecule has 1 fully saturated rings. The van der Waals surface area contributed by atoms with Crippen molar-refractivity contribution in [2.24, 2.45) is 0 Å². The molecule has 3 aromatic heterocycles. The summed E-state index contributed by atoms with van der Waals surface area (Å²) >= 11 is 14.0. The van der Waals surface area contributed by atoms with E-state index >= 15 is 0 Å². The van der Waals surface area contributed by atoms with Crippen LogP contribution in [-0.2, 0) is 16.1 Å². The van der Waals surface area contributed by atoms with Gasteiger partial charge < -0.3 is 20.1 Å². The van der Waals surface area contributed by atoms with Crippen molar-refractivity contribution < 1.29 is 23.9 Å². The van der Waals surface area contributed by atoms with Gasteiger partial charge in [0.25, 0.3) is 5.56 Å². The molecule has 6 rings (SSSR count). The number of nitrogens with zero attached hydrogens (tertiary/aromatic N) is 3. The quantitative estimate of drug-likeness (QED) is 0.179. The minimum absolute atomic E-state index is 0.0245. The highest BCUT2D eigenvalue weighted by atomic mass is 35.5. The maximum Gasteiger partial charge on any atom is 0.407 e. The lowest BCUT2D eigenvalue weighted by molar-refractivity contribution is -0.119. The van der Waals surface area contributed by atoms with E-state index in [2.05, 4.69) is 20.6 Å². The highest BCUT2D eigenvalue weighted by Gasteiger charge is 2.22. The van der Waals surface area contributed by atoms with E-state index in [0.717, 1.165) is 5.56 Å². The van der Waals surface area contributed by atoms with Crippen molar-refractivity contribution in [1.82, 2.24) is 25.0 Å². The van der Waals surface area contributed by atoms with Gasteiger partial charge in [-0.15, -0.1) is 0 Å². The van der Waals surface area contributed by atoms with E-state index in [1.165, 1.54) is 17.7 Å². The van der Waals surface area contributed by atoms with Crippen molar-refractivity contribution in [2.75, 3.05) is 13.7 Å². The lowest BCUT2D eigenvalue weighted by Gasteiger charge is -2.16. The number of carbonyl (C=O) groups is 3. The Kier molecular flexibility index (Phi) is 9.42. The average Bonchev–Trinajstić information content (AvgIpc) is 3.51. The maximum atomic E-state index is 12.7. The first-order chi connectivity index (χ1) is 23.2. The predicted molar refractivity (Wildman–Crippen MR) is 182 cm³/mol. The molecule has 2 aromatic carbocycles. The number of benzene rings is 2. The smallest absolute Gasteiger partial charge is 0.407 e. The molecule has 4 heterocycles. The summed E-state index contributed by atoms with van der Waals surface area (Å²) in [6.07, 6.45) is 2.24. The van der Waals surface area contributed by atoms with Gasteiger partial charge in [-0.25, -0.2) is 14.8 Å². The number of aromatic nitrogens is 3. The molecule has 1 saturated heterocycles. The third-order valence-electron chi connectivity index (χ3n) is 8.09. The first-order valence-electron chi connectivity index (χ1n) is 15.0. The van der Waals surface area contributed by atoms with Gasteiger partial charge in [-0.1, -0.05) is 59.6 Å². The number of aryl methyl sites for hydroxylation is 1. The molecule has 0 saturated carbocycles. The van der Waals surface area contributed by atoms with Crippen LogP contribution in [0.1, 0.15) is 34.5 Å². The predicted octanol–water partition coefficient (Wildman–Crippen LogP) is 6.03. The van der Waals surface area contributed by atoms with E-state index in [4.69, 9.17) is 32.7 Å². The highest BCUT2D eigenvalue weighted by Crippen LogP contribution is 2.42. The summed E-state index contributed by atoms with van der Waals surface area (Å²) in [7, 11) is 1.48. The van der Waals surface area contributed by atoms with Crippen LogP contribution in [0.25, 0.3) is 39.2 Å². The lowest BCUT2D eigenvalue weighted by Crippen LogP contribution is -2.38. The summed E-state index contributed by atoms with van der Waals surface area (Å²) in [6.45, 7) is 1.97. The molecule has 2 N–H and O–H groups in total. The number of rotatable bonds is 9. The number of fused-ring (bicyclic) bond motifs is 1. The van der Waals surface area contributed by atoms with Crippen LogP contribution in [0.2, 0.25) is 10.0 Å². The van der Waals surface area contributed by atoms with Crippen molar-refractivity contribution in [2.45, 2.75) is 32.4 Å². The van der Waals surface area contributed by atoms with E-state index in [-0.39, 0.29) is 36.5 Å². The van der Waals surface area contributed by atoms with E-state index in [0.29, 0.717) is 74.0 Å². The molecular formula is C35H29Cl2N5O6. The number of ether oxygens (including phenoxy) is 2. The van der Waals surface area contributed by atoms with Gasteiger partial charge in [0.2, 0.25) is 11.8 Å². The zero-order valence-electron chi connectivity index (χ0n) is 25.9. The average molecular weight is 687 g/mol. The number of hydrogen-bond donors (Lipinski definition) is 2. The van der Waals surface area contributed by atoms with E-state index < -0.39 is 11.7 Å². The first-order valence-corrected chi connectivity index (χ1v) is 15.7. The van der Waals surface area contributed by atoms with Crippen molar-refractivity contribution >= 4 is 47.1 Å². The van der Waals surface area contributed by atoms with Gasteiger partial charge in [0.05, 0.1) is 34.0 Å². The zero-order chi connectivity index (χ0) is 33.9. The number of aldehydes is 1. The lowest BCUT2D eigenvalue weighted by atomic mass is 9.96. The molecule has 1 aliphatic heterocycles. The van der Waals surface area contributed by atoms with Crippen LogP contribution >= 0.6 is 23.2 Å². The van der Waals surface area contributed by atoms with Crippen LogP contribution in [-0.4, -0.2) is 52.4 Å². The molecule has 1 unspecified atom stereocenters. The van der Waals surface area contributed by atoms with Crippen molar-refractivity contribution in [3.8, 4) is 39.4 Å². The van der Waals surface area contributed by atoms with Gasteiger partial charge >= 0.3 is 6.09 Å². The molecule has 1 aliphatic rings. The molecule has 13 heteroatoms. The molecule has 0 radical (unpaired) electrons. The van der Waals surface area contributed by atoms with Crippen LogP contribution in [0.4, 0.5) is 4.79 Å². The zero-order valence-corrected chi connectivity index (χ0v) is 27.4. The van der Waals surface area contributed by atoms with E-state index in [1.807, 2.05) is 42.5 Å². The van der Waals surface area contributed by atoms with Gasteiger partial charge in [0.15, 0.2) is 6.29 Å². The first kappa shape index (κ1) is 32.7. The summed E-state index contributed by atoms with van der Waals surface area (Å²) in [4.78, 5) is 56.5. The minimum atomic E-state index is -0.617. The Morgan fingerprint density at radius 3 is 2.44 bits per heavy atom. The second-order valence-electron chi connectivity index (χ2n) is 11.2. The molecule has 5 aromatic rings. The Balaban J connectivity index is 1.26. The Hall–Kier alpha value is -5.26. The Bertz CT molecular complexity index is 2150. The van der Waals surface area contributed by atoms with Gasteiger partial charge in [-0.3, -0.25) is 18.8 Å². The Morgan fingerprint density at radius 2 is 1.75 bits per heavy atom. The SMILES string of the molecule is COc1nc(-c2cccc(-c3cccc(-c4cc(C)n5c(=O)c(C=O)cnc5c4)c3Cl)c2Cl)ccc1COC(=O)NCC1CCC(=O)N1. The second-order valence-corrected chi connectivity index (χ2v) is 11.9. The number of nitrogens with one attached hydrogen (secondary N) is 2. The largest absolute Gasteiger partial charge is 0.481 e. The summed E-state index contributed by atoms with van der Waals surface area (Å²) in [6, 6.07) is 18.1. The molecule has 2 amide bonds. The van der Waals surface area contributed by atoms with Crippen LogP contribution < -0.4 is 20.9 Å². The molecule has 0 spiro atoms. The standard InChI is InChI=1S/C35H29Cl2N5O6/c1-19-13-21(14-29-38-15-22(17-43)34(45)42(19)29)24-5-3-6-25(31(24)36)26-7-4-8-27(32(26)37)28-11-9-20(33(41-28)47-2)18-48-35(46)39-16-23-10-12-30(44)40-23/h3-9,11,13-15,17,23H,10,12,16,18H2,1-2H3,(H,39,46)(H,40,44). The molecule has 0 aliphatic carbocycles. The fraction of sp³-hybridized carbons (Fsp3) is 0.200. The fourth-order valence-electron chi connectivity index (χ4n) is 5.67. The highest BCUT2D eigenvalue weighted by molar-refractivity contribution is 6.39. The molecule has 0 bridgehead atoms. The third kappa shape index (κ3) is 6.47. The fourth-order valence-corrected chi connectivity index (χ4v) is 6.33. The topological polar surface area (TPSA) is 141 Å². The molecule has 1 atom stereocenters. The van der Waals surface area contributed by atoms with Crippen LogP contribution in [0, 0.1) is 6.92 Å². The molecule has 48 heavy (non-hydrogen) atoms. The van der Waals surface area contributed by atoms with E-state index in [9.17, 15) is 19.2 Å². The Labute approximate surface area is 284 Å². The van der Waals surface area contributed by atoms with Crippen LogP contribution in [0.5, 0.6) is 5.88 Å². The van der Waals surface area contributed by atoms with Gasteiger partial charge in [0, 0.05) is 53.2 Å². The normalized spacial score (nSPS) is 14.1. The number of pyridine rings is 2. The van der Waals surface area contributed by atoms with Gasteiger partial charge in [0.1, 0.15) is 12.3 Å². The number of alkyl carbamates (subject to hydrolysis) is 1. The Morgan fingerprint density at radius 1 is 1.04 bits per heavy atom. The summed E-state index contributed by atoms with van der Waals surface area (Å²) < 4.78 is 12.3. The summed E-state index contributed by atoms with van der Waals surface area (Å²) in [5, 5.41) is 6.31. The number of methoxy groups -OCH3 is 1. The second kappa shape index (κ2) is 13.8.